The van der Waals surface area contributed by atoms with Crippen LogP contribution in [0.2, 0.25) is 0 Å². The number of carbonyl (C=O) groups is 1. The summed E-state index contributed by atoms with van der Waals surface area (Å²) in [5.41, 5.74) is 0.340. The molecule has 0 bridgehead atoms. The quantitative estimate of drug-likeness (QED) is 0.321. The van der Waals surface area contributed by atoms with Crippen molar-refractivity contribution < 1.29 is 23.9 Å². The van der Waals surface area contributed by atoms with E-state index in [1.807, 2.05) is 6.08 Å². The van der Waals surface area contributed by atoms with Gasteiger partial charge >= 0.3 is 5.97 Å². The highest BCUT2D eigenvalue weighted by Gasteiger charge is 2.15. The molecule has 0 radical (unpaired) electrons. The predicted molar refractivity (Wildman–Crippen MR) is 92.8 cm³/mol. The molecule has 1 unspecified atom stereocenters. The second-order valence-electron chi connectivity index (χ2n) is 6.24. The summed E-state index contributed by atoms with van der Waals surface area (Å²) in [6.45, 7) is 1.22. The molecule has 0 aliphatic heterocycles. The van der Waals surface area contributed by atoms with Crippen LogP contribution in [0.1, 0.15) is 76.7 Å². The Morgan fingerprint density at radius 3 is 2.68 bits per heavy atom. The van der Waals surface area contributed by atoms with Gasteiger partial charge in [-0.2, -0.15) is 0 Å². The van der Waals surface area contributed by atoms with E-state index in [2.05, 4.69) is 25.5 Å². The molecule has 3 nitrogen and oxygen atoms in total. The molecule has 22 heavy (non-hydrogen) atoms. The molecule has 0 aliphatic carbocycles. The molecule has 0 aromatic carbocycles. The second kappa shape index (κ2) is 10.6. The van der Waals surface area contributed by atoms with Crippen molar-refractivity contribution in [2.24, 2.45) is 5.92 Å². The molecular weight excluding hydrogens is 276 g/mol. The van der Waals surface area contributed by atoms with E-state index in [4.69, 9.17) is 14.3 Å². The van der Waals surface area contributed by atoms with Crippen molar-refractivity contribution in [3.8, 4) is 0 Å². The van der Waals surface area contributed by atoms with Gasteiger partial charge in [0, 0.05) is 21.4 Å². The molecule has 1 atom stereocenters. The van der Waals surface area contributed by atoms with Crippen LogP contribution >= 0.6 is 0 Å². The fourth-order valence-corrected chi connectivity index (χ4v) is 1.95. The first-order chi connectivity index (χ1) is 12.9. The van der Waals surface area contributed by atoms with E-state index in [0.717, 1.165) is 31.8 Å². The number of carbonyl (C=O) groups excluding carboxylic acids is 1. The Bertz CT molecular complexity index is 576. The average molecular weight is 318 g/mol. The van der Waals surface area contributed by atoms with Gasteiger partial charge in [0.1, 0.15) is 0 Å². The molecule has 3 heteroatoms. The van der Waals surface area contributed by atoms with E-state index >= 15 is 0 Å². The molecule has 0 rings (SSSR count). The summed E-state index contributed by atoms with van der Waals surface area (Å²) in [4.78, 5) is 12.0. The molecule has 128 valence electrons. The Balaban J connectivity index is 4.76. The van der Waals surface area contributed by atoms with Gasteiger partial charge in [0.25, 0.3) is 0 Å². The average Bonchev–Trinajstić information content (AvgIpc) is 2.52. The number of allylic oxidation sites excluding steroid dienone is 3. The maximum absolute atomic E-state index is 12.0. The van der Waals surface area contributed by atoms with Crippen molar-refractivity contribution >= 4 is 5.97 Å². The first-order valence-electron chi connectivity index (χ1n) is 11.1. The molecule has 0 aliphatic rings. The zero-order valence-corrected chi connectivity index (χ0v) is 14.4. The van der Waals surface area contributed by atoms with Gasteiger partial charge in [-0.3, -0.25) is 0 Å². The minimum absolute atomic E-state index is 0.133. The SMILES string of the molecule is [2H]C([2H])([2H])C([2H])(OC(=O)/C=C(C)/C=C/CC(C)CCCC(C)(C)OC)C([2H])([2H])[2H]. The standard InChI is InChI=1S/C19H34O3/c1-15(2)22-18(20)14-17(4)11-8-10-16(3)12-9-13-19(5,6)21-7/h8,11,14-16H,9-10,12-13H2,1-7H3/b11-8+,17-14+/i1D3,2D3,15D. The molecule has 0 saturated carbocycles. The number of rotatable bonds is 10. The second-order valence-corrected chi connectivity index (χ2v) is 6.24. The van der Waals surface area contributed by atoms with Crippen LogP contribution < -0.4 is 0 Å². The van der Waals surface area contributed by atoms with E-state index in [-0.39, 0.29) is 5.60 Å². The lowest BCUT2D eigenvalue weighted by Crippen LogP contribution is -2.22. The highest BCUT2D eigenvalue weighted by molar-refractivity contribution is 5.83. The lowest BCUT2D eigenvalue weighted by atomic mass is 9.95. The van der Waals surface area contributed by atoms with Crippen LogP contribution in [0.3, 0.4) is 0 Å². The molecule has 0 saturated heterocycles. The Kier molecular flexibility index (Phi) is 5.52. The summed E-state index contributed by atoms with van der Waals surface area (Å²) >= 11 is 0. The molecule has 0 heterocycles. The zero-order valence-electron chi connectivity index (χ0n) is 21.4. The first kappa shape index (κ1) is 11.4. The van der Waals surface area contributed by atoms with E-state index in [1.165, 1.54) is 0 Å². The number of esters is 1. The van der Waals surface area contributed by atoms with E-state index < -0.39 is 25.8 Å². The van der Waals surface area contributed by atoms with Crippen LogP contribution in [0.15, 0.2) is 23.8 Å². The van der Waals surface area contributed by atoms with E-state index in [9.17, 15) is 4.79 Å². The highest BCUT2D eigenvalue weighted by atomic mass is 16.5. The number of hydrogen-bond acceptors (Lipinski definition) is 3. The van der Waals surface area contributed by atoms with Crippen LogP contribution in [-0.2, 0) is 14.3 Å². The van der Waals surface area contributed by atoms with Crippen LogP contribution in [0.4, 0.5) is 0 Å². The van der Waals surface area contributed by atoms with Crippen LogP contribution in [-0.4, -0.2) is 24.8 Å². The van der Waals surface area contributed by atoms with Crippen LogP contribution in [0.5, 0.6) is 0 Å². The third kappa shape index (κ3) is 11.6. The molecular formula is C19H34O3. The van der Waals surface area contributed by atoms with Gasteiger partial charge < -0.3 is 9.47 Å². The van der Waals surface area contributed by atoms with Crippen molar-refractivity contribution in [3.63, 3.8) is 0 Å². The Hall–Kier alpha value is -1.09. The van der Waals surface area contributed by atoms with Crippen molar-refractivity contribution in [1.82, 2.24) is 0 Å². The van der Waals surface area contributed by atoms with Crippen LogP contribution in [0, 0.1) is 5.92 Å². The van der Waals surface area contributed by atoms with Gasteiger partial charge in [-0.25, -0.2) is 4.79 Å². The minimum Gasteiger partial charge on any atom is -0.460 e. The lowest BCUT2D eigenvalue weighted by Gasteiger charge is -2.23. The van der Waals surface area contributed by atoms with E-state index in [1.54, 1.807) is 20.1 Å². The fraction of sp³-hybridized carbons (Fsp3) is 0.737. The summed E-state index contributed by atoms with van der Waals surface area (Å²) in [6, 6.07) is 0. The lowest BCUT2D eigenvalue weighted by molar-refractivity contribution is -0.141. The van der Waals surface area contributed by atoms with Crippen molar-refractivity contribution in [3.05, 3.63) is 23.8 Å². The van der Waals surface area contributed by atoms with Crippen LogP contribution in [0.25, 0.3) is 0 Å². The third-order valence-electron chi connectivity index (χ3n) is 3.50. The van der Waals surface area contributed by atoms with Crippen molar-refractivity contribution in [2.75, 3.05) is 7.11 Å². The minimum atomic E-state index is -3.32. The molecule has 0 aromatic rings. The fourth-order valence-electron chi connectivity index (χ4n) is 1.95. The molecule has 0 N–H and O–H groups in total. The Labute approximate surface area is 146 Å². The predicted octanol–water partition coefficient (Wildman–Crippen LogP) is 5.06. The van der Waals surface area contributed by atoms with Gasteiger partial charge in [-0.15, -0.1) is 0 Å². The number of ether oxygens (including phenoxy) is 2. The summed E-state index contributed by atoms with van der Waals surface area (Å²) < 4.78 is 61.1. The van der Waals surface area contributed by atoms with E-state index in [0.29, 0.717) is 11.5 Å². The monoisotopic (exact) mass is 317 g/mol. The number of methoxy groups -OCH3 is 1. The molecule has 0 aromatic heterocycles. The maximum atomic E-state index is 12.0. The van der Waals surface area contributed by atoms with Gasteiger partial charge in [0.2, 0.25) is 0 Å². The van der Waals surface area contributed by atoms with Gasteiger partial charge in [-0.05, 0) is 58.8 Å². The first-order valence-corrected chi connectivity index (χ1v) is 7.58. The van der Waals surface area contributed by atoms with Gasteiger partial charge in [0.15, 0.2) is 0 Å². The smallest absolute Gasteiger partial charge is 0.331 e. The summed E-state index contributed by atoms with van der Waals surface area (Å²) in [6.07, 6.45) is 5.07. The van der Waals surface area contributed by atoms with Gasteiger partial charge in [0.05, 0.1) is 13.1 Å². The zero-order chi connectivity index (χ0) is 23.1. The Morgan fingerprint density at radius 2 is 2.09 bits per heavy atom. The highest BCUT2D eigenvalue weighted by Crippen LogP contribution is 2.20. The molecule has 0 fully saturated rings. The Morgan fingerprint density at radius 1 is 1.41 bits per heavy atom. The third-order valence-corrected chi connectivity index (χ3v) is 3.50. The molecule has 0 spiro atoms. The van der Waals surface area contributed by atoms with Gasteiger partial charge in [-0.1, -0.05) is 31.9 Å². The number of hydrogen-bond donors (Lipinski definition) is 0. The summed E-state index contributed by atoms with van der Waals surface area (Å²) in [7, 11) is 1.70. The maximum Gasteiger partial charge on any atom is 0.331 e. The topological polar surface area (TPSA) is 35.5 Å². The normalized spacial score (nSPS) is 21.0. The van der Waals surface area contributed by atoms with Crippen molar-refractivity contribution in [1.29, 1.82) is 0 Å². The molecule has 0 amide bonds. The van der Waals surface area contributed by atoms with Crippen molar-refractivity contribution in [2.45, 2.75) is 78.8 Å². The largest absolute Gasteiger partial charge is 0.460 e. The summed E-state index contributed by atoms with van der Waals surface area (Å²) in [5.74, 6) is -0.741. The summed E-state index contributed by atoms with van der Waals surface area (Å²) in [5, 5.41) is 0.